The summed E-state index contributed by atoms with van der Waals surface area (Å²) in [6.07, 6.45) is 0.437. The quantitative estimate of drug-likeness (QED) is 0.848. The van der Waals surface area contributed by atoms with Crippen LogP contribution in [0.25, 0.3) is 10.9 Å². The third-order valence-corrected chi connectivity index (χ3v) is 3.99. The van der Waals surface area contributed by atoms with Crippen LogP contribution in [0.3, 0.4) is 0 Å². The molecule has 6 nitrogen and oxygen atoms in total. The summed E-state index contributed by atoms with van der Waals surface area (Å²) in [6.45, 7) is 1.37. The van der Waals surface area contributed by atoms with Crippen LogP contribution in [0.5, 0.6) is 0 Å². The van der Waals surface area contributed by atoms with Gasteiger partial charge in [-0.15, -0.1) is 0 Å². The number of aromatic amines is 1. The van der Waals surface area contributed by atoms with Gasteiger partial charge in [-0.25, -0.2) is 4.98 Å². The molecule has 0 saturated carbocycles. The first-order chi connectivity index (χ1) is 9.81. The molecule has 0 amide bonds. The van der Waals surface area contributed by atoms with E-state index in [9.17, 15) is 17.1 Å². The van der Waals surface area contributed by atoms with E-state index in [4.69, 9.17) is 11.6 Å². The molecule has 0 aliphatic rings. The van der Waals surface area contributed by atoms with E-state index in [0.717, 1.165) is 0 Å². The Bertz CT molecular complexity index is 822. The molecule has 0 aliphatic heterocycles. The Balaban J connectivity index is 2.45. The van der Waals surface area contributed by atoms with E-state index < -0.39 is 16.0 Å². The lowest BCUT2D eigenvalue weighted by molar-refractivity contribution is 0.371. The lowest BCUT2D eigenvalue weighted by Gasteiger charge is -2.15. The van der Waals surface area contributed by atoms with Crippen molar-refractivity contribution in [2.24, 2.45) is 0 Å². The van der Waals surface area contributed by atoms with Crippen LogP contribution >= 0.6 is 11.6 Å². The van der Waals surface area contributed by atoms with Gasteiger partial charge in [-0.3, -0.25) is 4.79 Å². The van der Waals surface area contributed by atoms with Gasteiger partial charge in [-0.1, -0.05) is 22.4 Å². The number of nitrogens with zero attached hydrogens (tertiary/aromatic N) is 2. The van der Waals surface area contributed by atoms with E-state index in [-0.39, 0.29) is 18.9 Å². The molecule has 21 heavy (non-hydrogen) atoms. The third kappa shape index (κ3) is 3.78. The molecule has 0 fully saturated rings. The fraction of sp³-hybridized carbons (Fsp3) is 0.333. The molecule has 0 aliphatic carbocycles. The van der Waals surface area contributed by atoms with E-state index in [1.807, 2.05) is 0 Å². The molecule has 0 saturated heterocycles. The summed E-state index contributed by atoms with van der Waals surface area (Å²) < 4.78 is 35.9. The summed E-state index contributed by atoms with van der Waals surface area (Å²) in [6, 6.07) is 4.56. The largest absolute Gasteiger partial charge is 0.375 e. The van der Waals surface area contributed by atoms with Gasteiger partial charge in [0.1, 0.15) is 5.82 Å². The molecule has 0 spiro atoms. The van der Waals surface area contributed by atoms with E-state index in [1.165, 1.54) is 12.1 Å². The van der Waals surface area contributed by atoms with Gasteiger partial charge in [-0.2, -0.15) is 12.7 Å². The Morgan fingerprint density at radius 3 is 2.76 bits per heavy atom. The molecule has 1 aromatic carbocycles. The molecule has 0 atom stereocenters. The minimum atomic E-state index is -4.85. The predicted octanol–water partition coefficient (Wildman–Crippen LogP) is 2.00. The van der Waals surface area contributed by atoms with Crippen molar-refractivity contribution in [3.05, 3.63) is 39.4 Å². The van der Waals surface area contributed by atoms with Crippen LogP contribution in [0.2, 0.25) is 5.02 Å². The van der Waals surface area contributed by atoms with Crippen molar-refractivity contribution >= 4 is 32.9 Å². The fourth-order valence-corrected chi connectivity index (χ4v) is 2.76. The van der Waals surface area contributed by atoms with Crippen molar-refractivity contribution < 1.29 is 12.3 Å². The monoisotopic (exact) mass is 333 g/mol. The van der Waals surface area contributed by atoms with E-state index in [1.54, 1.807) is 13.0 Å². The second-order valence-corrected chi connectivity index (χ2v) is 6.23. The highest BCUT2D eigenvalue weighted by atomic mass is 35.5. The second kappa shape index (κ2) is 6.08. The molecule has 0 unspecified atom stereocenters. The number of hydrogen-bond acceptors (Lipinski definition) is 4. The van der Waals surface area contributed by atoms with Gasteiger partial charge in [-0.05, 0) is 24.6 Å². The van der Waals surface area contributed by atoms with Crippen molar-refractivity contribution in [1.82, 2.24) is 14.3 Å². The molecule has 114 valence electrons. The number of benzene rings is 1. The third-order valence-electron chi connectivity index (χ3n) is 2.83. The Kier molecular flexibility index (Phi) is 4.60. The van der Waals surface area contributed by atoms with Gasteiger partial charge >= 0.3 is 10.4 Å². The average molecular weight is 334 g/mol. The van der Waals surface area contributed by atoms with Crippen molar-refractivity contribution in [2.75, 3.05) is 6.54 Å². The Morgan fingerprint density at radius 1 is 1.43 bits per heavy atom. The van der Waals surface area contributed by atoms with Gasteiger partial charge < -0.3 is 4.98 Å². The minimum absolute atomic E-state index is 0.00384. The van der Waals surface area contributed by atoms with E-state index in [2.05, 4.69) is 9.97 Å². The second-order valence-electron chi connectivity index (χ2n) is 4.45. The fourth-order valence-electron chi connectivity index (χ4n) is 1.92. The maximum atomic E-state index is 13.2. The maximum absolute atomic E-state index is 13.2. The number of nitrogens with one attached hydrogen (secondary N) is 1. The van der Waals surface area contributed by atoms with E-state index >= 15 is 0 Å². The van der Waals surface area contributed by atoms with Crippen molar-refractivity contribution in [1.29, 1.82) is 0 Å². The molecule has 1 heterocycles. The van der Waals surface area contributed by atoms with Crippen LogP contribution in [0.15, 0.2) is 23.0 Å². The summed E-state index contributed by atoms with van der Waals surface area (Å²) in [5.41, 5.74) is -0.103. The Morgan fingerprint density at radius 2 is 2.14 bits per heavy atom. The molecule has 0 radical (unpaired) electrons. The van der Waals surface area contributed by atoms with Gasteiger partial charge in [0.05, 0.1) is 17.4 Å². The average Bonchev–Trinajstić information content (AvgIpc) is 2.36. The highest BCUT2D eigenvalue weighted by Crippen LogP contribution is 2.15. The molecule has 0 bridgehead atoms. The summed E-state index contributed by atoms with van der Waals surface area (Å²) in [4.78, 5) is 18.5. The van der Waals surface area contributed by atoms with Crippen LogP contribution in [-0.4, -0.2) is 29.2 Å². The summed E-state index contributed by atoms with van der Waals surface area (Å²) >= 11 is 5.83. The smallest absolute Gasteiger partial charge is 0.309 e. The van der Waals surface area contributed by atoms with Crippen LogP contribution in [0, 0.1) is 0 Å². The number of aromatic nitrogens is 2. The van der Waals surface area contributed by atoms with E-state index in [0.29, 0.717) is 26.7 Å². The number of halogens is 2. The topological polar surface area (TPSA) is 83.1 Å². The SMILES string of the molecule is CCCN(Cc1nc2cc(Cl)ccc2c(=O)[nH]1)S(=O)(=O)F. The molecule has 2 rings (SSSR count). The first-order valence-electron chi connectivity index (χ1n) is 6.19. The molecular formula is C12H13ClFN3O3S. The molecule has 1 N–H and O–H groups in total. The van der Waals surface area contributed by atoms with Crippen LogP contribution < -0.4 is 5.56 Å². The van der Waals surface area contributed by atoms with Crippen molar-refractivity contribution in [3.8, 4) is 0 Å². The van der Waals surface area contributed by atoms with Gasteiger partial charge in [0.2, 0.25) is 0 Å². The first kappa shape index (κ1) is 15.9. The first-order valence-corrected chi connectivity index (χ1v) is 7.91. The Labute approximate surface area is 125 Å². The molecule has 9 heteroatoms. The zero-order chi connectivity index (χ0) is 15.6. The molecule has 1 aromatic heterocycles. The standard InChI is InChI=1S/C12H13ClFN3O3S/c1-2-5-17(21(14,19)20)7-11-15-10-6-8(13)3-4-9(10)12(18)16-11/h3-4,6H,2,5,7H2,1H3,(H,15,16,18). The minimum Gasteiger partial charge on any atom is -0.309 e. The van der Waals surface area contributed by atoms with Crippen LogP contribution in [-0.2, 0) is 17.0 Å². The zero-order valence-corrected chi connectivity index (χ0v) is 12.7. The van der Waals surface area contributed by atoms with Gasteiger partial charge in [0.25, 0.3) is 5.56 Å². The summed E-state index contributed by atoms with van der Waals surface area (Å²) in [7, 11) is -4.85. The van der Waals surface area contributed by atoms with Gasteiger partial charge in [0.15, 0.2) is 0 Å². The predicted molar refractivity (Wildman–Crippen MR) is 78.1 cm³/mol. The van der Waals surface area contributed by atoms with Gasteiger partial charge in [0, 0.05) is 11.6 Å². The number of H-pyrrole nitrogens is 1. The zero-order valence-electron chi connectivity index (χ0n) is 11.1. The molecular weight excluding hydrogens is 321 g/mol. The summed E-state index contributed by atoms with van der Waals surface area (Å²) in [5, 5.41) is 0.725. The normalized spacial score (nSPS) is 12.2. The van der Waals surface area contributed by atoms with Crippen LogP contribution in [0.4, 0.5) is 3.89 Å². The van der Waals surface area contributed by atoms with Crippen molar-refractivity contribution in [3.63, 3.8) is 0 Å². The number of fused-ring (bicyclic) bond motifs is 1. The van der Waals surface area contributed by atoms with Crippen LogP contribution in [0.1, 0.15) is 19.2 Å². The number of rotatable bonds is 5. The molecule has 2 aromatic rings. The highest BCUT2D eigenvalue weighted by molar-refractivity contribution is 7.83. The highest BCUT2D eigenvalue weighted by Gasteiger charge is 2.21. The number of hydrogen-bond donors (Lipinski definition) is 1. The lowest BCUT2D eigenvalue weighted by Crippen LogP contribution is -2.30. The maximum Gasteiger partial charge on any atom is 0.375 e. The lowest BCUT2D eigenvalue weighted by atomic mass is 10.2. The van der Waals surface area contributed by atoms with Crippen molar-refractivity contribution in [2.45, 2.75) is 19.9 Å². The summed E-state index contributed by atoms with van der Waals surface area (Å²) in [5.74, 6) is 0.0597. The Hall–Kier alpha value is -1.51.